The van der Waals surface area contributed by atoms with Gasteiger partial charge in [0, 0.05) is 37.6 Å². The van der Waals surface area contributed by atoms with Crippen molar-refractivity contribution in [2.45, 2.75) is 43.0 Å². The lowest BCUT2D eigenvalue weighted by atomic mass is 10.0. The molecule has 2 fully saturated rings. The van der Waals surface area contributed by atoms with E-state index in [9.17, 15) is 14.4 Å². The molecular weight excluding hydrogens is 443 g/mol. The van der Waals surface area contributed by atoms with Crippen LogP contribution in [0.2, 0.25) is 0 Å². The van der Waals surface area contributed by atoms with E-state index < -0.39 is 0 Å². The van der Waals surface area contributed by atoms with Crippen LogP contribution < -0.4 is 16.0 Å². The highest BCUT2D eigenvalue weighted by atomic mass is 127. The molecule has 9 heteroatoms. The van der Waals surface area contributed by atoms with Crippen molar-refractivity contribution in [3.63, 3.8) is 0 Å². The number of amides is 4. The molecule has 0 radical (unpaired) electrons. The topological polar surface area (TPSA) is 90.5 Å². The highest BCUT2D eigenvalue weighted by Gasteiger charge is 2.46. The number of hydrogen-bond acceptors (Lipinski definition) is 4. The number of alkyl halides is 1. The van der Waals surface area contributed by atoms with Crippen molar-refractivity contribution in [3.05, 3.63) is 0 Å². The largest absolute Gasteiger partial charge is 0.354 e. The maximum atomic E-state index is 11.7. The molecule has 4 amide bonds. The van der Waals surface area contributed by atoms with Crippen LogP contribution >= 0.6 is 34.4 Å². The van der Waals surface area contributed by atoms with Crippen molar-refractivity contribution in [3.8, 4) is 0 Å². The molecule has 0 aromatic heterocycles. The van der Waals surface area contributed by atoms with Gasteiger partial charge in [-0.3, -0.25) is 9.59 Å². The lowest BCUT2D eigenvalue weighted by molar-refractivity contribution is -0.122. The molecule has 7 nitrogen and oxygen atoms in total. The minimum absolute atomic E-state index is 0.0122. The molecule has 3 N–H and O–H groups in total. The standard InChI is InChI=1S/C15H25IN4O3S/c1-20-10-9-24-11(14(10)19-15(20)23)4-2-3-5-12(21)17-6-7-18-13(22)8-16/h10-11,14H,2-9H2,1H3,(H,17,21)(H,18,22)(H,19,23)/t10-,11-,14-/m0/s1. The molecule has 0 aromatic carbocycles. The van der Waals surface area contributed by atoms with Crippen LogP contribution in [0.3, 0.4) is 0 Å². The van der Waals surface area contributed by atoms with Crippen molar-refractivity contribution >= 4 is 52.2 Å². The predicted octanol–water partition coefficient (Wildman–Crippen LogP) is 0.722. The first kappa shape index (κ1) is 19.6. The molecule has 3 atom stereocenters. The SMILES string of the molecule is CN1C(=O)N[C@@H]2[C@H](CCCCC(=O)NCCNC(=O)CI)SC[C@@H]21. The Morgan fingerprint density at radius 2 is 2.00 bits per heavy atom. The second kappa shape index (κ2) is 9.69. The molecule has 2 rings (SSSR count). The average molecular weight is 468 g/mol. The van der Waals surface area contributed by atoms with Crippen LogP contribution in [-0.2, 0) is 9.59 Å². The molecule has 0 unspecified atom stereocenters. The van der Waals surface area contributed by atoms with Gasteiger partial charge in [0.2, 0.25) is 11.8 Å². The summed E-state index contributed by atoms with van der Waals surface area (Å²) in [4.78, 5) is 36.3. The number of thioether (sulfide) groups is 1. The molecule has 0 saturated carbocycles. The Labute approximate surface area is 160 Å². The quantitative estimate of drug-likeness (QED) is 0.201. The van der Waals surface area contributed by atoms with Crippen LogP contribution in [-0.4, -0.2) is 70.4 Å². The number of nitrogens with zero attached hydrogens (tertiary/aromatic N) is 1. The Morgan fingerprint density at radius 1 is 1.29 bits per heavy atom. The summed E-state index contributed by atoms with van der Waals surface area (Å²) in [7, 11) is 1.86. The van der Waals surface area contributed by atoms with E-state index in [0.29, 0.717) is 35.2 Å². The van der Waals surface area contributed by atoms with Crippen molar-refractivity contribution < 1.29 is 14.4 Å². The summed E-state index contributed by atoms with van der Waals surface area (Å²) in [6.07, 6.45) is 3.38. The van der Waals surface area contributed by atoms with Gasteiger partial charge in [-0.15, -0.1) is 0 Å². The van der Waals surface area contributed by atoms with Gasteiger partial charge in [0.05, 0.1) is 16.5 Å². The smallest absolute Gasteiger partial charge is 0.317 e. The van der Waals surface area contributed by atoms with Crippen LogP contribution in [0.1, 0.15) is 25.7 Å². The van der Waals surface area contributed by atoms with Gasteiger partial charge in [0.1, 0.15) is 0 Å². The Balaban J connectivity index is 1.53. The Kier molecular flexibility index (Phi) is 7.92. The van der Waals surface area contributed by atoms with E-state index >= 15 is 0 Å². The highest BCUT2D eigenvalue weighted by Crippen LogP contribution is 2.36. The first-order valence-electron chi connectivity index (χ1n) is 8.27. The Bertz CT molecular complexity index is 480. The van der Waals surface area contributed by atoms with Gasteiger partial charge in [-0.25, -0.2) is 4.79 Å². The van der Waals surface area contributed by atoms with E-state index in [1.165, 1.54) is 0 Å². The summed E-state index contributed by atoms with van der Waals surface area (Å²) in [5.41, 5.74) is 0. The average Bonchev–Trinajstić information content (AvgIpc) is 3.09. The van der Waals surface area contributed by atoms with E-state index in [2.05, 4.69) is 16.0 Å². The summed E-state index contributed by atoms with van der Waals surface area (Å²) in [6, 6.07) is 0.598. The number of unbranched alkanes of at least 4 members (excludes halogenated alkanes) is 1. The fourth-order valence-corrected chi connectivity index (χ4v) is 4.98. The van der Waals surface area contributed by atoms with Crippen LogP contribution in [0.25, 0.3) is 0 Å². The maximum Gasteiger partial charge on any atom is 0.317 e. The number of carbonyl (C=O) groups is 3. The molecule has 2 aliphatic rings. The summed E-state index contributed by atoms with van der Waals surface area (Å²) in [5.74, 6) is 1.01. The molecule has 0 aliphatic carbocycles. The van der Waals surface area contributed by atoms with Crippen LogP contribution in [0.15, 0.2) is 0 Å². The second-order valence-electron chi connectivity index (χ2n) is 6.10. The first-order chi connectivity index (χ1) is 11.5. The third-order valence-corrected chi connectivity index (χ3v) is 6.62. The Morgan fingerprint density at radius 3 is 2.71 bits per heavy atom. The predicted molar refractivity (Wildman–Crippen MR) is 103 cm³/mol. The molecule has 2 heterocycles. The van der Waals surface area contributed by atoms with Crippen molar-refractivity contribution in [2.24, 2.45) is 0 Å². The number of likely N-dealkylation sites (N-methyl/N-ethyl adjacent to an activating group) is 1. The number of urea groups is 1. The van der Waals surface area contributed by atoms with Gasteiger partial charge >= 0.3 is 6.03 Å². The van der Waals surface area contributed by atoms with Crippen LogP contribution in [0.4, 0.5) is 4.79 Å². The molecular formula is C15H25IN4O3S. The summed E-state index contributed by atoms with van der Waals surface area (Å²) in [6.45, 7) is 0.949. The Hall–Kier alpha value is -0.710. The van der Waals surface area contributed by atoms with E-state index in [-0.39, 0.29) is 23.9 Å². The van der Waals surface area contributed by atoms with Gasteiger partial charge in [0.15, 0.2) is 0 Å². The van der Waals surface area contributed by atoms with E-state index in [1.807, 2.05) is 46.3 Å². The fourth-order valence-electron chi connectivity index (χ4n) is 3.05. The minimum Gasteiger partial charge on any atom is -0.354 e. The van der Waals surface area contributed by atoms with E-state index in [0.717, 1.165) is 25.0 Å². The molecule has 0 spiro atoms. The first-order valence-corrected chi connectivity index (χ1v) is 10.8. The summed E-state index contributed by atoms with van der Waals surface area (Å²) < 4.78 is 0.434. The monoisotopic (exact) mass is 468 g/mol. The molecule has 2 saturated heterocycles. The zero-order valence-electron chi connectivity index (χ0n) is 13.8. The fraction of sp³-hybridized carbons (Fsp3) is 0.800. The zero-order chi connectivity index (χ0) is 17.5. The lowest BCUT2D eigenvalue weighted by Crippen LogP contribution is -2.37. The number of hydrogen-bond donors (Lipinski definition) is 3. The van der Waals surface area contributed by atoms with Gasteiger partial charge in [-0.05, 0) is 12.8 Å². The van der Waals surface area contributed by atoms with Crippen molar-refractivity contribution in [2.75, 3.05) is 30.3 Å². The van der Waals surface area contributed by atoms with Crippen molar-refractivity contribution in [1.82, 2.24) is 20.9 Å². The van der Waals surface area contributed by atoms with Crippen LogP contribution in [0, 0.1) is 0 Å². The molecule has 0 aromatic rings. The third-order valence-electron chi connectivity index (χ3n) is 4.44. The maximum absolute atomic E-state index is 11.7. The van der Waals surface area contributed by atoms with Gasteiger partial charge in [-0.2, -0.15) is 11.8 Å². The van der Waals surface area contributed by atoms with E-state index in [4.69, 9.17) is 0 Å². The number of carbonyl (C=O) groups excluding carboxylic acids is 3. The lowest BCUT2D eigenvalue weighted by Gasteiger charge is -2.17. The van der Waals surface area contributed by atoms with Crippen molar-refractivity contribution in [1.29, 1.82) is 0 Å². The van der Waals surface area contributed by atoms with Gasteiger partial charge in [0.25, 0.3) is 0 Å². The zero-order valence-corrected chi connectivity index (χ0v) is 16.8. The number of rotatable bonds is 9. The summed E-state index contributed by atoms with van der Waals surface area (Å²) >= 11 is 3.92. The number of fused-ring (bicyclic) bond motifs is 1. The second-order valence-corrected chi connectivity index (χ2v) is 8.14. The normalized spacial score (nSPS) is 25.3. The van der Waals surface area contributed by atoms with E-state index in [1.54, 1.807) is 0 Å². The van der Waals surface area contributed by atoms with Gasteiger partial charge < -0.3 is 20.9 Å². The third kappa shape index (κ3) is 5.40. The number of nitrogens with one attached hydrogen (secondary N) is 3. The number of halogens is 1. The molecule has 24 heavy (non-hydrogen) atoms. The van der Waals surface area contributed by atoms with Gasteiger partial charge in [-0.1, -0.05) is 29.0 Å². The highest BCUT2D eigenvalue weighted by molar-refractivity contribution is 14.1. The molecule has 0 bridgehead atoms. The minimum atomic E-state index is -0.0122. The summed E-state index contributed by atoms with van der Waals surface area (Å²) in [5, 5.41) is 9.05. The molecule has 2 aliphatic heterocycles. The molecule has 136 valence electrons. The van der Waals surface area contributed by atoms with Crippen LogP contribution in [0.5, 0.6) is 0 Å².